The molecule has 3 rings (SSSR count). The van der Waals surface area contributed by atoms with E-state index in [0.717, 1.165) is 5.57 Å². The summed E-state index contributed by atoms with van der Waals surface area (Å²) in [6.45, 7) is 1.58. The topological polar surface area (TPSA) is 116 Å². The van der Waals surface area contributed by atoms with Gasteiger partial charge in [0.05, 0.1) is 6.42 Å². The third-order valence-electron chi connectivity index (χ3n) is 4.86. The summed E-state index contributed by atoms with van der Waals surface area (Å²) < 4.78 is 4.76. The van der Waals surface area contributed by atoms with Crippen molar-refractivity contribution >= 4 is 23.7 Å². The SMILES string of the molecule is CC1=CCC(NC(=O)c2ccccc2)C(=O)N(CC(=O)N(O)C2COC(=O)C2)C1. The Morgan fingerprint density at radius 3 is 2.66 bits per heavy atom. The van der Waals surface area contributed by atoms with Gasteiger partial charge in [0.2, 0.25) is 5.91 Å². The zero-order chi connectivity index (χ0) is 21.0. The smallest absolute Gasteiger partial charge is 0.308 e. The van der Waals surface area contributed by atoms with Crippen molar-refractivity contribution in [3.63, 3.8) is 0 Å². The molecule has 2 atom stereocenters. The van der Waals surface area contributed by atoms with Crippen molar-refractivity contribution < 1.29 is 29.1 Å². The van der Waals surface area contributed by atoms with E-state index in [4.69, 9.17) is 4.74 Å². The summed E-state index contributed by atoms with van der Waals surface area (Å²) in [5.74, 6) is -2.00. The molecule has 0 saturated carbocycles. The van der Waals surface area contributed by atoms with Crippen LogP contribution in [0.3, 0.4) is 0 Å². The highest BCUT2D eigenvalue weighted by atomic mass is 16.6. The van der Waals surface area contributed by atoms with E-state index in [1.54, 1.807) is 30.3 Å². The number of hydroxylamine groups is 2. The van der Waals surface area contributed by atoms with Crippen LogP contribution < -0.4 is 5.32 Å². The normalized spacial score (nSPS) is 21.9. The molecule has 1 aromatic rings. The quantitative estimate of drug-likeness (QED) is 0.321. The Balaban J connectivity index is 1.67. The van der Waals surface area contributed by atoms with Crippen molar-refractivity contribution in [2.45, 2.75) is 31.8 Å². The van der Waals surface area contributed by atoms with E-state index in [1.807, 2.05) is 13.0 Å². The summed E-state index contributed by atoms with van der Waals surface area (Å²) in [6.07, 6.45) is 2.06. The van der Waals surface area contributed by atoms with Gasteiger partial charge in [-0.3, -0.25) is 24.4 Å². The zero-order valence-corrected chi connectivity index (χ0v) is 16.0. The Morgan fingerprint density at radius 1 is 1.28 bits per heavy atom. The number of esters is 1. The first-order chi connectivity index (χ1) is 13.8. The maximum absolute atomic E-state index is 12.9. The van der Waals surface area contributed by atoms with E-state index < -0.39 is 29.9 Å². The highest BCUT2D eigenvalue weighted by Gasteiger charge is 2.35. The van der Waals surface area contributed by atoms with E-state index >= 15 is 0 Å². The van der Waals surface area contributed by atoms with Crippen LogP contribution >= 0.6 is 0 Å². The molecule has 1 aromatic carbocycles. The summed E-state index contributed by atoms with van der Waals surface area (Å²) >= 11 is 0. The fraction of sp³-hybridized carbons (Fsp3) is 0.400. The maximum Gasteiger partial charge on any atom is 0.308 e. The van der Waals surface area contributed by atoms with Gasteiger partial charge in [0.25, 0.3) is 11.8 Å². The number of nitrogens with one attached hydrogen (secondary N) is 1. The summed E-state index contributed by atoms with van der Waals surface area (Å²) in [5.41, 5.74) is 1.30. The van der Waals surface area contributed by atoms with Crippen LogP contribution in [-0.2, 0) is 19.1 Å². The third kappa shape index (κ3) is 5.00. The summed E-state index contributed by atoms with van der Waals surface area (Å²) in [7, 11) is 0. The van der Waals surface area contributed by atoms with E-state index in [2.05, 4.69) is 5.32 Å². The van der Waals surface area contributed by atoms with E-state index in [0.29, 0.717) is 17.0 Å². The number of cyclic esters (lactones) is 1. The fourth-order valence-corrected chi connectivity index (χ4v) is 3.27. The fourth-order valence-electron chi connectivity index (χ4n) is 3.27. The van der Waals surface area contributed by atoms with Crippen molar-refractivity contribution in [3.05, 3.63) is 47.5 Å². The molecule has 0 spiro atoms. The zero-order valence-electron chi connectivity index (χ0n) is 16.0. The second-order valence-corrected chi connectivity index (χ2v) is 7.15. The van der Waals surface area contributed by atoms with E-state index in [1.165, 1.54) is 4.90 Å². The molecule has 2 N–H and O–H groups in total. The van der Waals surface area contributed by atoms with Gasteiger partial charge in [-0.15, -0.1) is 0 Å². The first-order valence-electron chi connectivity index (χ1n) is 9.32. The van der Waals surface area contributed by atoms with Gasteiger partial charge in [-0.1, -0.05) is 29.8 Å². The molecule has 0 bridgehead atoms. The average Bonchev–Trinajstić information content (AvgIpc) is 3.10. The van der Waals surface area contributed by atoms with Gasteiger partial charge in [0, 0.05) is 12.1 Å². The molecule has 0 aliphatic carbocycles. The van der Waals surface area contributed by atoms with Gasteiger partial charge >= 0.3 is 5.97 Å². The van der Waals surface area contributed by atoms with Crippen LogP contribution in [0.25, 0.3) is 0 Å². The van der Waals surface area contributed by atoms with Crippen LogP contribution in [-0.4, -0.2) is 70.6 Å². The lowest BCUT2D eigenvalue weighted by molar-refractivity contribution is -0.177. The molecule has 2 unspecified atom stereocenters. The second kappa shape index (κ2) is 8.87. The predicted octanol–water partition coefficient (Wildman–Crippen LogP) is 0.497. The van der Waals surface area contributed by atoms with Gasteiger partial charge in [0.15, 0.2) is 0 Å². The predicted molar refractivity (Wildman–Crippen MR) is 101 cm³/mol. The monoisotopic (exact) mass is 401 g/mol. The van der Waals surface area contributed by atoms with E-state index in [9.17, 15) is 24.4 Å². The van der Waals surface area contributed by atoms with Crippen LogP contribution in [0.2, 0.25) is 0 Å². The van der Waals surface area contributed by atoms with Crippen LogP contribution in [0.1, 0.15) is 30.1 Å². The van der Waals surface area contributed by atoms with Gasteiger partial charge in [0.1, 0.15) is 25.2 Å². The molecular formula is C20H23N3O6. The van der Waals surface area contributed by atoms with Gasteiger partial charge in [-0.2, -0.15) is 0 Å². The number of carbonyl (C=O) groups excluding carboxylic acids is 4. The van der Waals surface area contributed by atoms with Crippen molar-refractivity contribution in [2.24, 2.45) is 0 Å². The minimum atomic E-state index is -0.823. The molecule has 1 fully saturated rings. The number of amides is 3. The number of rotatable bonds is 5. The van der Waals surface area contributed by atoms with Crippen molar-refractivity contribution in [1.29, 1.82) is 0 Å². The van der Waals surface area contributed by atoms with Crippen molar-refractivity contribution in [3.8, 4) is 0 Å². The van der Waals surface area contributed by atoms with Crippen LogP contribution in [0.15, 0.2) is 42.0 Å². The van der Waals surface area contributed by atoms with E-state index in [-0.39, 0.29) is 32.0 Å². The number of benzene rings is 1. The Hall–Kier alpha value is -3.20. The third-order valence-corrected chi connectivity index (χ3v) is 4.86. The van der Waals surface area contributed by atoms with Crippen molar-refractivity contribution in [2.75, 3.05) is 19.7 Å². The van der Waals surface area contributed by atoms with Crippen LogP contribution in [0.5, 0.6) is 0 Å². The highest BCUT2D eigenvalue weighted by Crippen LogP contribution is 2.15. The Labute approximate surface area is 167 Å². The minimum absolute atomic E-state index is 0.0797. The number of ether oxygens (including phenoxy) is 1. The molecule has 0 radical (unpaired) electrons. The lowest BCUT2D eigenvalue weighted by Crippen LogP contribution is -2.51. The number of carbonyl (C=O) groups is 4. The lowest BCUT2D eigenvalue weighted by atomic mass is 10.1. The van der Waals surface area contributed by atoms with Crippen molar-refractivity contribution in [1.82, 2.24) is 15.3 Å². The van der Waals surface area contributed by atoms with Gasteiger partial charge < -0.3 is 15.0 Å². The Kier molecular flexibility index (Phi) is 6.28. The first-order valence-corrected chi connectivity index (χ1v) is 9.32. The standard InChI is InChI=1S/C20H23N3O6/c1-13-7-8-16(21-19(26)14-5-3-2-4-6-14)20(27)22(10-13)11-17(24)23(28)15-9-18(25)29-12-15/h2-7,15-16,28H,8-12H2,1H3,(H,21,26). The minimum Gasteiger partial charge on any atom is -0.463 e. The number of hydrogen-bond donors (Lipinski definition) is 2. The van der Waals surface area contributed by atoms with Crippen LogP contribution in [0, 0.1) is 0 Å². The molecule has 2 aliphatic heterocycles. The molecule has 3 amide bonds. The second-order valence-electron chi connectivity index (χ2n) is 7.15. The molecule has 2 heterocycles. The number of nitrogens with zero attached hydrogens (tertiary/aromatic N) is 2. The average molecular weight is 401 g/mol. The molecule has 154 valence electrons. The summed E-state index contributed by atoms with van der Waals surface area (Å²) in [4.78, 5) is 50.3. The highest BCUT2D eigenvalue weighted by molar-refractivity contribution is 5.98. The van der Waals surface area contributed by atoms with Gasteiger partial charge in [-0.25, -0.2) is 5.06 Å². The summed E-state index contributed by atoms with van der Waals surface area (Å²) in [6, 6.07) is 6.95. The molecule has 1 saturated heterocycles. The Morgan fingerprint density at radius 2 is 2.00 bits per heavy atom. The maximum atomic E-state index is 12.9. The Bertz CT molecular complexity index is 838. The molecule has 9 heteroatoms. The largest absolute Gasteiger partial charge is 0.463 e. The first kappa shape index (κ1) is 20.5. The molecular weight excluding hydrogens is 378 g/mol. The number of hydrogen-bond acceptors (Lipinski definition) is 6. The summed E-state index contributed by atoms with van der Waals surface area (Å²) in [5, 5.41) is 13.2. The van der Waals surface area contributed by atoms with Crippen LogP contribution in [0.4, 0.5) is 0 Å². The molecule has 29 heavy (non-hydrogen) atoms. The molecule has 2 aliphatic rings. The molecule has 9 nitrogen and oxygen atoms in total. The lowest BCUT2D eigenvalue weighted by Gasteiger charge is -2.27. The van der Waals surface area contributed by atoms with Gasteiger partial charge in [-0.05, 0) is 25.5 Å². The molecule has 0 aromatic heterocycles.